The molecule has 0 amide bonds. The molecule has 0 aliphatic heterocycles. The van der Waals surface area contributed by atoms with Crippen LogP contribution in [-0.2, 0) is 22.5 Å². The topological polar surface area (TPSA) is 35.5 Å². The van der Waals surface area contributed by atoms with Gasteiger partial charge in [-0.25, -0.2) is 4.79 Å². The Hall–Kier alpha value is -2.33. The normalized spacial score (nSPS) is 11.3. The summed E-state index contributed by atoms with van der Waals surface area (Å²) in [5, 5.41) is 0. The van der Waals surface area contributed by atoms with Crippen molar-refractivity contribution in [3.05, 3.63) is 65.7 Å². The average Bonchev–Trinajstić information content (AvgIpc) is 2.71. The number of hydrogen-bond acceptors (Lipinski definition) is 3. The quantitative estimate of drug-likeness (QED) is 0.172. The summed E-state index contributed by atoms with van der Waals surface area (Å²) in [5.41, 5.74) is 2.39. The summed E-state index contributed by atoms with van der Waals surface area (Å²) in [6, 6.07) is 18.2. The van der Waals surface area contributed by atoms with Gasteiger partial charge in [0.2, 0.25) is 6.79 Å². The minimum absolute atomic E-state index is 0.0440. The number of para-hydroxylation sites is 1. The lowest BCUT2D eigenvalue weighted by Gasteiger charge is -2.28. The van der Waals surface area contributed by atoms with Crippen molar-refractivity contribution in [3.63, 3.8) is 0 Å². The van der Waals surface area contributed by atoms with Gasteiger partial charge in [-0.1, -0.05) is 87.6 Å². The molecule has 164 valence electrons. The molecular weight excluding hydrogens is 374 g/mol. The van der Waals surface area contributed by atoms with Gasteiger partial charge in [0.25, 0.3) is 0 Å². The molecule has 2 rings (SSSR count). The maximum Gasteiger partial charge on any atom is 0.364 e. The third-order valence-corrected chi connectivity index (χ3v) is 5.22. The predicted molar refractivity (Wildman–Crippen MR) is 122 cm³/mol. The first kappa shape index (κ1) is 23.9. The molecule has 4 heteroatoms. The zero-order valence-electron chi connectivity index (χ0n) is 18.9. The van der Waals surface area contributed by atoms with Crippen molar-refractivity contribution >= 4 is 5.97 Å². The summed E-state index contributed by atoms with van der Waals surface area (Å²) in [4.78, 5) is 12.3. The van der Waals surface area contributed by atoms with Crippen LogP contribution < -0.4 is 4.74 Å². The second-order valence-electron chi connectivity index (χ2n) is 8.64. The molecule has 2 aromatic rings. The Morgan fingerprint density at radius 1 is 0.867 bits per heavy atom. The van der Waals surface area contributed by atoms with Gasteiger partial charge in [0, 0.05) is 5.56 Å². The van der Waals surface area contributed by atoms with E-state index in [9.17, 15) is 4.79 Å². The van der Waals surface area contributed by atoms with E-state index in [1.54, 1.807) is 0 Å². The van der Waals surface area contributed by atoms with Gasteiger partial charge >= 0.3 is 5.97 Å². The van der Waals surface area contributed by atoms with Gasteiger partial charge < -0.3 is 14.0 Å². The van der Waals surface area contributed by atoms with Gasteiger partial charge in [-0.15, -0.1) is 0 Å². The number of ether oxygens (including phenoxy) is 2. The van der Waals surface area contributed by atoms with Crippen LogP contribution in [0.5, 0.6) is 5.75 Å². The summed E-state index contributed by atoms with van der Waals surface area (Å²) >= 11 is 0. The molecular formula is C26H38NO3+. The molecule has 0 saturated carbocycles. The van der Waals surface area contributed by atoms with E-state index in [1.165, 1.54) is 43.2 Å². The second-order valence-corrected chi connectivity index (χ2v) is 8.64. The molecule has 0 bridgehead atoms. The van der Waals surface area contributed by atoms with E-state index in [4.69, 9.17) is 9.47 Å². The van der Waals surface area contributed by atoms with Crippen LogP contribution in [0.2, 0.25) is 0 Å². The Morgan fingerprint density at radius 3 is 2.30 bits per heavy atom. The summed E-state index contributed by atoms with van der Waals surface area (Å²) in [5.74, 6) is 0.571. The first-order valence-electron chi connectivity index (χ1n) is 11.2. The minimum Gasteiger partial charge on any atom is -0.457 e. The fraction of sp³-hybridized carbons (Fsp3) is 0.500. The van der Waals surface area contributed by atoms with Crippen LogP contribution in [-0.4, -0.2) is 37.9 Å². The van der Waals surface area contributed by atoms with Crippen LogP contribution in [0, 0.1) is 0 Å². The van der Waals surface area contributed by atoms with Crippen molar-refractivity contribution in [3.8, 4) is 5.75 Å². The van der Waals surface area contributed by atoms with Crippen molar-refractivity contribution in [2.24, 2.45) is 0 Å². The van der Waals surface area contributed by atoms with Crippen LogP contribution in [0.3, 0.4) is 0 Å². The molecule has 0 unspecified atom stereocenters. The highest BCUT2D eigenvalue weighted by Gasteiger charge is 2.22. The van der Waals surface area contributed by atoms with Crippen LogP contribution >= 0.6 is 0 Å². The first-order chi connectivity index (χ1) is 14.5. The lowest BCUT2D eigenvalue weighted by Crippen LogP contribution is -2.43. The van der Waals surface area contributed by atoms with E-state index in [0.717, 1.165) is 25.1 Å². The Labute approximate surface area is 182 Å². The predicted octanol–water partition coefficient (Wildman–Crippen LogP) is 5.75. The lowest BCUT2D eigenvalue weighted by molar-refractivity contribution is -0.896. The number of likely N-dealkylation sites (N-methyl/N-ethyl adjacent to an activating group) is 1. The van der Waals surface area contributed by atoms with Crippen LogP contribution in [0.15, 0.2) is 54.6 Å². The highest BCUT2D eigenvalue weighted by Crippen LogP contribution is 2.21. The molecule has 0 aliphatic rings. The zero-order valence-corrected chi connectivity index (χ0v) is 18.9. The molecule has 0 heterocycles. The van der Waals surface area contributed by atoms with Crippen LogP contribution in [0.25, 0.3) is 0 Å². The number of hydrogen-bond donors (Lipinski definition) is 0. The van der Waals surface area contributed by atoms with Crippen molar-refractivity contribution in [2.75, 3.05) is 27.4 Å². The summed E-state index contributed by atoms with van der Waals surface area (Å²) in [7, 11) is 4.07. The van der Waals surface area contributed by atoms with Gasteiger partial charge in [-0.3, -0.25) is 0 Å². The molecule has 4 nitrogen and oxygen atoms in total. The summed E-state index contributed by atoms with van der Waals surface area (Å²) in [6.45, 7) is 3.27. The third kappa shape index (κ3) is 9.45. The first-order valence-corrected chi connectivity index (χ1v) is 11.2. The number of carbonyl (C=O) groups excluding carboxylic acids is 1. The Balaban J connectivity index is 1.73. The van der Waals surface area contributed by atoms with Gasteiger partial charge in [-0.05, 0) is 24.5 Å². The number of quaternary nitrogens is 1. The molecule has 0 fully saturated rings. The third-order valence-electron chi connectivity index (χ3n) is 5.22. The molecule has 2 aromatic carbocycles. The van der Waals surface area contributed by atoms with Crippen LogP contribution in [0.4, 0.5) is 0 Å². The van der Waals surface area contributed by atoms with Crippen LogP contribution in [0.1, 0.15) is 56.6 Å². The number of benzene rings is 2. The maximum absolute atomic E-state index is 12.3. The fourth-order valence-electron chi connectivity index (χ4n) is 3.63. The molecule has 0 spiro atoms. The average molecular weight is 413 g/mol. The number of unbranched alkanes of at least 4 members (excludes halogenated alkanes) is 5. The zero-order chi connectivity index (χ0) is 21.7. The molecule has 0 aromatic heterocycles. The molecule has 0 saturated heterocycles. The Bertz CT molecular complexity index is 743. The number of carbonyl (C=O) groups is 1. The summed E-state index contributed by atoms with van der Waals surface area (Å²) < 4.78 is 11.7. The van der Waals surface area contributed by atoms with E-state index in [-0.39, 0.29) is 12.8 Å². The SMILES string of the molecule is CCCCCCCCc1ccccc1OCOC(=O)C[N+](C)(C)Cc1ccccc1. The number of nitrogens with zero attached hydrogens (tertiary/aromatic N) is 1. The monoisotopic (exact) mass is 412 g/mol. The van der Waals surface area contributed by atoms with Gasteiger partial charge in [-0.2, -0.15) is 0 Å². The van der Waals surface area contributed by atoms with Crippen molar-refractivity contribution in [1.29, 1.82) is 0 Å². The van der Waals surface area contributed by atoms with Crippen molar-refractivity contribution in [2.45, 2.75) is 58.4 Å². The molecule has 0 radical (unpaired) electrons. The Kier molecular flexibility index (Phi) is 10.4. The lowest BCUT2D eigenvalue weighted by atomic mass is 10.0. The highest BCUT2D eigenvalue weighted by molar-refractivity contribution is 5.70. The molecule has 30 heavy (non-hydrogen) atoms. The second kappa shape index (κ2) is 13.1. The van der Waals surface area contributed by atoms with E-state index in [0.29, 0.717) is 11.0 Å². The molecule has 0 N–H and O–H groups in total. The van der Waals surface area contributed by atoms with E-state index >= 15 is 0 Å². The maximum atomic E-state index is 12.3. The van der Waals surface area contributed by atoms with E-state index < -0.39 is 0 Å². The van der Waals surface area contributed by atoms with Gasteiger partial charge in [0.15, 0.2) is 6.54 Å². The smallest absolute Gasteiger partial charge is 0.364 e. The van der Waals surface area contributed by atoms with Gasteiger partial charge in [0.05, 0.1) is 14.1 Å². The standard InChI is InChI=1S/C26H38NO3/c1-4-5-6-7-8-12-17-24-18-13-14-19-25(24)29-22-30-26(28)21-27(2,3)20-23-15-10-9-11-16-23/h9-11,13-16,18-19H,4-8,12,17,20-22H2,1-3H3/q+1. The van der Waals surface area contributed by atoms with Crippen molar-refractivity contribution < 1.29 is 18.8 Å². The summed E-state index contributed by atoms with van der Waals surface area (Å²) in [6.07, 6.45) is 8.63. The number of esters is 1. The molecule has 0 atom stereocenters. The number of rotatable bonds is 14. The molecule has 0 aliphatic carbocycles. The van der Waals surface area contributed by atoms with Gasteiger partial charge in [0.1, 0.15) is 12.3 Å². The largest absolute Gasteiger partial charge is 0.457 e. The Morgan fingerprint density at radius 2 is 1.53 bits per heavy atom. The minimum atomic E-state index is -0.246. The van der Waals surface area contributed by atoms with E-state index in [2.05, 4.69) is 25.1 Å². The fourth-order valence-corrected chi connectivity index (χ4v) is 3.63. The van der Waals surface area contributed by atoms with Crippen molar-refractivity contribution in [1.82, 2.24) is 0 Å². The highest BCUT2D eigenvalue weighted by atomic mass is 16.7. The van der Waals surface area contributed by atoms with E-state index in [1.807, 2.05) is 50.5 Å². The number of aryl methyl sites for hydroxylation is 1.